The molecule has 1 unspecified atom stereocenters. The fourth-order valence-corrected chi connectivity index (χ4v) is 4.33. The predicted molar refractivity (Wildman–Crippen MR) is 87.6 cm³/mol. The molecule has 1 aromatic carbocycles. The molecule has 8 heteroatoms. The standard InChI is InChI=1S/C15H16N4O3S/c1-8-6-5-7-11-12(8)18(4)13(22)15(11)19(10(3)21)17-14(23-15)16-9(2)20/h5-7H,1-4H3,(H,16,17,20). The van der Waals surface area contributed by atoms with Crippen LogP contribution in [0.5, 0.6) is 0 Å². The van der Waals surface area contributed by atoms with Crippen molar-refractivity contribution < 1.29 is 14.4 Å². The van der Waals surface area contributed by atoms with Crippen molar-refractivity contribution in [1.82, 2.24) is 10.3 Å². The van der Waals surface area contributed by atoms with E-state index >= 15 is 0 Å². The number of carbonyl (C=O) groups is 3. The highest BCUT2D eigenvalue weighted by atomic mass is 32.2. The Morgan fingerprint density at radius 1 is 1.30 bits per heavy atom. The van der Waals surface area contributed by atoms with Crippen molar-refractivity contribution in [2.45, 2.75) is 25.6 Å². The van der Waals surface area contributed by atoms with Gasteiger partial charge < -0.3 is 10.2 Å². The molecule has 0 aromatic heterocycles. The molecule has 0 radical (unpaired) electrons. The summed E-state index contributed by atoms with van der Waals surface area (Å²) in [5.41, 5.74) is 2.41. The third-order valence-corrected chi connectivity index (χ3v) is 5.09. The maximum absolute atomic E-state index is 13.0. The van der Waals surface area contributed by atoms with Gasteiger partial charge >= 0.3 is 0 Å². The molecule has 3 amide bonds. The highest BCUT2D eigenvalue weighted by Gasteiger charge is 2.60. The smallest absolute Gasteiger partial charge is 0.270 e. The summed E-state index contributed by atoms with van der Waals surface area (Å²) in [7, 11) is 1.68. The van der Waals surface area contributed by atoms with Gasteiger partial charge in [0.05, 0.1) is 5.69 Å². The van der Waals surface area contributed by atoms with Crippen LogP contribution < -0.4 is 10.2 Å². The van der Waals surface area contributed by atoms with Gasteiger partial charge in [-0.1, -0.05) is 18.2 Å². The Labute approximate surface area is 137 Å². The molecule has 2 heterocycles. The van der Waals surface area contributed by atoms with Gasteiger partial charge in [-0.05, 0) is 24.2 Å². The Bertz CT molecular complexity index is 776. The molecule has 0 fully saturated rings. The van der Waals surface area contributed by atoms with Gasteiger partial charge in [-0.25, -0.2) is 0 Å². The van der Waals surface area contributed by atoms with Crippen LogP contribution in [0.25, 0.3) is 0 Å². The number of para-hydroxylation sites is 1. The maximum atomic E-state index is 13.0. The lowest BCUT2D eigenvalue weighted by Crippen LogP contribution is -2.47. The number of benzene rings is 1. The first-order chi connectivity index (χ1) is 10.8. The highest BCUT2D eigenvalue weighted by molar-refractivity contribution is 8.15. The van der Waals surface area contributed by atoms with Gasteiger partial charge in [-0.3, -0.25) is 14.4 Å². The molecular weight excluding hydrogens is 316 g/mol. The van der Waals surface area contributed by atoms with Crippen LogP contribution in [-0.2, 0) is 19.3 Å². The van der Waals surface area contributed by atoms with Crippen LogP contribution >= 0.6 is 11.8 Å². The average Bonchev–Trinajstić information content (AvgIpc) is 2.93. The van der Waals surface area contributed by atoms with E-state index in [-0.39, 0.29) is 22.9 Å². The number of hydrogen-bond acceptors (Lipinski definition) is 5. The number of rotatable bonds is 0. The fraction of sp³-hybridized carbons (Fsp3) is 0.333. The molecule has 2 aliphatic heterocycles. The summed E-state index contributed by atoms with van der Waals surface area (Å²) in [6.45, 7) is 4.62. The highest BCUT2D eigenvalue weighted by Crippen LogP contribution is 2.54. The van der Waals surface area contributed by atoms with Crippen LogP contribution in [0.3, 0.4) is 0 Å². The SMILES string of the molecule is CC(=O)NC1=NN(C(C)=O)C2(S1)C(=O)N(C)c1c(C)cccc12. The number of nitrogens with one attached hydrogen (secondary N) is 1. The number of hydrogen-bond donors (Lipinski definition) is 1. The van der Waals surface area contributed by atoms with Gasteiger partial charge in [0.1, 0.15) is 0 Å². The lowest BCUT2D eigenvalue weighted by molar-refractivity contribution is -0.139. The summed E-state index contributed by atoms with van der Waals surface area (Å²) < 4.78 is 0. The fourth-order valence-electron chi connectivity index (χ4n) is 2.98. The third kappa shape index (κ3) is 2.05. The zero-order chi connectivity index (χ0) is 16.9. The van der Waals surface area contributed by atoms with E-state index in [1.165, 1.54) is 13.8 Å². The average molecular weight is 332 g/mol. The lowest BCUT2D eigenvalue weighted by Gasteiger charge is -2.28. The summed E-state index contributed by atoms with van der Waals surface area (Å²) >= 11 is 1.08. The van der Waals surface area contributed by atoms with Gasteiger partial charge in [-0.2, -0.15) is 5.01 Å². The van der Waals surface area contributed by atoms with Crippen LogP contribution in [-0.4, -0.2) is 34.9 Å². The minimum absolute atomic E-state index is 0.240. The number of hydrazone groups is 1. The van der Waals surface area contributed by atoms with E-state index in [0.717, 1.165) is 28.0 Å². The molecule has 1 aromatic rings. The van der Waals surface area contributed by atoms with Crippen molar-refractivity contribution in [2.24, 2.45) is 5.10 Å². The van der Waals surface area contributed by atoms with Crippen LogP contribution in [0, 0.1) is 6.92 Å². The number of amides is 3. The number of likely N-dealkylation sites (N-methyl/N-ethyl adjacent to an activating group) is 1. The predicted octanol–water partition coefficient (Wildman–Crippen LogP) is 1.13. The molecule has 0 saturated carbocycles. The minimum atomic E-state index is -1.29. The summed E-state index contributed by atoms with van der Waals surface area (Å²) in [5, 5.41) is 8.13. The Hall–Kier alpha value is -2.35. The van der Waals surface area contributed by atoms with E-state index in [2.05, 4.69) is 10.4 Å². The summed E-state index contributed by atoms with van der Waals surface area (Å²) in [6.07, 6.45) is 0. The Kier molecular flexibility index (Phi) is 3.44. The van der Waals surface area contributed by atoms with Gasteiger partial charge in [-0.15, -0.1) is 5.10 Å². The van der Waals surface area contributed by atoms with Gasteiger partial charge in [0, 0.05) is 26.5 Å². The zero-order valence-electron chi connectivity index (χ0n) is 13.2. The first-order valence-electron chi connectivity index (χ1n) is 7.03. The molecule has 3 rings (SSSR count). The lowest BCUT2D eigenvalue weighted by atomic mass is 10.0. The number of carbonyl (C=O) groups excluding carboxylic acids is 3. The van der Waals surface area contributed by atoms with Gasteiger partial charge in [0.2, 0.25) is 16.7 Å². The summed E-state index contributed by atoms with van der Waals surface area (Å²) in [4.78, 5) is 36.7. The molecule has 0 saturated heterocycles. The van der Waals surface area contributed by atoms with Crippen LogP contribution in [0.2, 0.25) is 0 Å². The first kappa shape index (κ1) is 15.5. The second-order valence-corrected chi connectivity index (χ2v) is 6.68. The molecule has 0 aliphatic carbocycles. The van der Waals surface area contributed by atoms with E-state index in [9.17, 15) is 14.4 Å². The van der Waals surface area contributed by atoms with Crippen molar-refractivity contribution >= 4 is 40.3 Å². The normalized spacial score (nSPS) is 22.4. The van der Waals surface area contributed by atoms with E-state index in [0.29, 0.717) is 5.56 Å². The molecule has 7 nitrogen and oxygen atoms in total. The quantitative estimate of drug-likeness (QED) is 0.772. The second kappa shape index (κ2) is 5.09. The number of nitrogens with zero attached hydrogens (tertiary/aromatic N) is 3. The molecular formula is C15H16N4O3S. The van der Waals surface area contributed by atoms with Crippen LogP contribution in [0.1, 0.15) is 25.0 Å². The molecule has 2 aliphatic rings. The summed E-state index contributed by atoms with van der Waals surface area (Å²) in [5.74, 6) is -0.930. The summed E-state index contributed by atoms with van der Waals surface area (Å²) in [6, 6.07) is 5.57. The Balaban J connectivity index is 2.19. The minimum Gasteiger partial charge on any atom is -0.312 e. The van der Waals surface area contributed by atoms with E-state index in [1.54, 1.807) is 11.9 Å². The Morgan fingerprint density at radius 3 is 2.61 bits per heavy atom. The number of aryl methyl sites for hydroxylation is 1. The van der Waals surface area contributed by atoms with Crippen LogP contribution in [0.4, 0.5) is 5.69 Å². The van der Waals surface area contributed by atoms with Crippen molar-refractivity contribution in [1.29, 1.82) is 0 Å². The van der Waals surface area contributed by atoms with Crippen LogP contribution in [0.15, 0.2) is 23.3 Å². The first-order valence-corrected chi connectivity index (χ1v) is 7.85. The van der Waals surface area contributed by atoms with Crippen molar-refractivity contribution in [3.63, 3.8) is 0 Å². The third-order valence-electron chi connectivity index (χ3n) is 3.85. The van der Waals surface area contributed by atoms with E-state index in [1.807, 2.05) is 25.1 Å². The van der Waals surface area contributed by atoms with E-state index in [4.69, 9.17) is 0 Å². The number of fused-ring (bicyclic) bond motifs is 2. The van der Waals surface area contributed by atoms with Crippen molar-refractivity contribution in [3.8, 4) is 0 Å². The number of amidine groups is 1. The Morgan fingerprint density at radius 2 is 2.00 bits per heavy atom. The molecule has 0 bridgehead atoms. The van der Waals surface area contributed by atoms with Gasteiger partial charge in [0.25, 0.3) is 5.91 Å². The largest absolute Gasteiger partial charge is 0.312 e. The van der Waals surface area contributed by atoms with Crippen molar-refractivity contribution in [3.05, 3.63) is 29.3 Å². The number of anilines is 1. The zero-order valence-corrected chi connectivity index (χ0v) is 14.0. The topological polar surface area (TPSA) is 82.1 Å². The molecule has 120 valence electrons. The molecule has 1 N–H and O–H groups in total. The second-order valence-electron chi connectivity index (χ2n) is 5.50. The maximum Gasteiger partial charge on any atom is 0.270 e. The van der Waals surface area contributed by atoms with Gasteiger partial charge in [0.15, 0.2) is 5.17 Å². The molecule has 23 heavy (non-hydrogen) atoms. The molecule has 1 atom stereocenters. The monoisotopic (exact) mass is 332 g/mol. The molecule has 1 spiro atoms. The van der Waals surface area contributed by atoms with E-state index < -0.39 is 4.87 Å². The number of thioether (sulfide) groups is 1. The van der Waals surface area contributed by atoms with Crippen molar-refractivity contribution in [2.75, 3.05) is 11.9 Å².